The Labute approximate surface area is 206 Å². The molecule has 1 amide bonds. The fourth-order valence-electron chi connectivity index (χ4n) is 5.59. The lowest BCUT2D eigenvalue weighted by Crippen LogP contribution is -2.49. The van der Waals surface area contributed by atoms with Crippen LogP contribution in [0.2, 0.25) is 0 Å². The quantitative estimate of drug-likeness (QED) is 0.485. The Morgan fingerprint density at radius 1 is 0.943 bits per heavy atom. The monoisotopic (exact) mass is 479 g/mol. The molecule has 35 heavy (non-hydrogen) atoms. The highest BCUT2D eigenvalue weighted by Gasteiger charge is 2.48. The lowest BCUT2D eigenvalue weighted by molar-refractivity contribution is -0.138. The van der Waals surface area contributed by atoms with Crippen LogP contribution in [0, 0.1) is 25.1 Å². The van der Waals surface area contributed by atoms with Gasteiger partial charge in [-0.2, -0.15) is 0 Å². The molecule has 186 valence electrons. The summed E-state index contributed by atoms with van der Waals surface area (Å²) in [5.41, 5.74) is 3.48. The van der Waals surface area contributed by atoms with Gasteiger partial charge in [0, 0.05) is 25.9 Å². The van der Waals surface area contributed by atoms with E-state index in [1.54, 1.807) is 17.0 Å². The fourth-order valence-corrected chi connectivity index (χ4v) is 5.59. The van der Waals surface area contributed by atoms with Crippen molar-refractivity contribution >= 4 is 17.7 Å². The molecule has 1 aliphatic carbocycles. The maximum absolute atomic E-state index is 13.4. The summed E-state index contributed by atoms with van der Waals surface area (Å²) >= 11 is 0. The number of carbonyl (C=O) groups is 3. The molecular formula is C29H34FNO4. The molecule has 0 bridgehead atoms. The van der Waals surface area contributed by atoms with E-state index in [4.69, 9.17) is 4.74 Å². The van der Waals surface area contributed by atoms with E-state index in [2.05, 4.69) is 0 Å². The van der Waals surface area contributed by atoms with Gasteiger partial charge >= 0.3 is 6.09 Å². The Bertz CT molecular complexity index is 1110. The molecule has 0 N–H and O–H groups in total. The second-order valence-electron chi connectivity index (χ2n) is 11.2. The molecule has 0 unspecified atom stereocenters. The molecular weight excluding hydrogens is 445 g/mol. The lowest BCUT2D eigenvalue weighted by Gasteiger charge is -2.44. The van der Waals surface area contributed by atoms with E-state index in [9.17, 15) is 18.8 Å². The van der Waals surface area contributed by atoms with E-state index in [0.29, 0.717) is 38.8 Å². The minimum atomic E-state index is -0.744. The number of benzene rings is 2. The van der Waals surface area contributed by atoms with Crippen LogP contribution in [0.3, 0.4) is 0 Å². The summed E-state index contributed by atoms with van der Waals surface area (Å²) in [6, 6.07) is 10.3. The summed E-state index contributed by atoms with van der Waals surface area (Å²) < 4.78 is 18.8. The van der Waals surface area contributed by atoms with Gasteiger partial charge in [-0.1, -0.05) is 24.3 Å². The van der Waals surface area contributed by atoms with Crippen molar-refractivity contribution in [2.45, 2.75) is 71.8 Å². The number of hydrogen-bond donors (Lipinski definition) is 0. The van der Waals surface area contributed by atoms with E-state index >= 15 is 0 Å². The largest absolute Gasteiger partial charge is 0.444 e. The molecule has 2 aromatic carbocycles. The number of hydrogen-bond acceptors (Lipinski definition) is 4. The van der Waals surface area contributed by atoms with Crippen LogP contribution in [-0.4, -0.2) is 41.3 Å². The summed E-state index contributed by atoms with van der Waals surface area (Å²) in [4.78, 5) is 40.9. The average molecular weight is 480 g/mol. The van der Waals surface area contributed by atoms with Crippen molar-refractivity contribution in [1.29, 1.82) is 0 Å². The molecule has 1 spiro atoms. The predicted molar refractivity (Wildman–Crippen MR) is 133 cm³/mol. The normalized spacial score (nSPS) is 18.7. The van der Waals surface area contributed by atoms with E-state index in [1.807, 2.05) is 46.8 Å². The first-order chi connectivity index (χ1) is 16.4. The lowest BCUT2D eigenvalue weighted by atomic mass is 9.62. The van der Waals surface area contributed by atoms with Crippen molar-refractivity contribution < 1.29 is 23.5 Å². The Balaban J connectivity index is 1.50. The molecule has 0 radical (unpaired) electrons. The number of carbonyl (C=O) groups excluding carboxylic acids is 3. The summed E-state index contributed by atoms with van der Waals surface area (Å²) in [5.74, 6) is -1.10. The van der Waals surface area contributed by atoms with E-state index in [-0.39, 0.29) is 28.9 Å². The van der Waals surface area contributed by atoms with Gasteiger partial charge in [0.15, 0.2) is 0 Å². The van der Waals surface area contributed by atoms with Crippen LogP contribution in [0.15, 0.2) is 36.4 Å². The third kappa shape index (κ3) is 5.31. The van der Waals surface area contributed by atoms with Gasteiger partial charge in [0.05, 0.1) is 0 Å². The molecule has 1 heterocycles. The highest BCUT2D eigenvalue weighted by Crippen LogP contribution is 2.47. The Morgan fingerprint density at radius 2 is 1.46 bits per heavy atom. The second kappa shape index (κ2) is 9.21. The SMILES string of the molecule is Cc1cc(-c2ccc(F)cc2)cc(C)c1C1C(=O)CC2(CCN(C(=O)OC(C)(C)C)CC2)CC1=O. The summed E-state index contributed by atoms with van der Waals surface area (Å²) in [7, 11) is 0. The Hall–Kier alpha value is -3.02. The van der Waals surface area contributed by atoms with Crippen LogP contribution in [0.1, 0.15) is 69.1 Å². The van der Waals surface area contributed by atoms with Gasteiger partial charge in [0.2, 0.25) is 0 Å². The number of likely N-dealkylation sites (tertiary alicyclic amines) is 1. The molecule has 2 aromatic rings. The van der Waals surface area contributed by atoms with Gasteiger partial charge in [0.1, 0.15) is 28.9 Å². The van der Waals surface area contributed by atoms with Crippen molar-refractivity contribution in [3.63, 3.8) is 0 Å². The molecule has 0 aromatic heterocycles. The van der Waals surface area contributed by atoms with Gasteiger partial charge in [-0.15, -0.1) is 0 Å². The number of ketones is 2. The van der Waals surface area contributed by atoms with Crippen molar-refractivity contribution in [3.8, 4) is 11.1 Å². The zero-order chi connectivity index (χ0) is 25.5. The van der Waals surface area contributed by atoms with Crippen LogP contribution in [0.25, 0.3) is 11.1 Å². The second-order valence-corrected chi connectivity index (χ2v) is 11.2. The molecule has 6 heteroatoms. The van der Waals surface area contributed by atoms with Crippen molar-refractivity contribution in [2.24, 2.45) is 5.41 Å². The molecule has 2 aliphatic rings. The van der Waals surface area contributed by atoms with Crippen molar-refractivity contribution in [3.05, 3.63) is 58.9 Å². The fraction of sp³-hybridized carbons (Fsp3) is 0.483. The minimum Gasteiger partial charge on any atom is -0.444 e. The molecule has 5 nitrogen and oxygen atoms in total. The van der Waals surface area contributed by atoms with Gasteiger partial charge in [0.25, 0.3) is 0 Å². The number of Topliss-reactive ketones (excluding diaryl/α,β-unsaturated/α-hetero) is 2. The molecule has 2 fully saturated rings. The number of nitrogens with zero attached hydrogens (tertiary/aromatic N) is 1. The first kappa shape index (κ1) is 25.1. The van der Waals surface area contributed by atoms with E-state index in [0.717, 1.165) is 27.8 Å². The number of aryl methyl sites for hydroxylation is 2. The van der Waals surface area contributed by atoms with Crippen molar-refractivity contribution in [2.75, 3.05) is 13.1 Å². The Kier molecular flexibility index (Phi) is 6.60. The molecule has 4 rings (SSSR count). The number of halogens is 1. The number of ether oxygens (including phenoxy) is 1. The van der Waals surface area contributed by atoms with Crippen molar-refractivity contribution in [1.82, 2.24) is 4.90 Å². The van der Waals surface area contributed by atoms with Gasteiger partial charge in [-0.25, -0.2) is 9.18 Å². The van der Waals surface area contributed by atoms with Crippen LogP contribution in [0.5, 0.6) is 0 Å². The number of rotatable bonds is 2. The van der Waals surface area contributed by atoms with E-state index < -0.39 is 11.5 Å². The average Bonchev–Trinajstić information content (AvgIpc) is 2.74. The van der Waals surface area contributed by atoms with Crippen LogP contribution in [0.4, 0.5) is 9.18 Å². The third-order valence-corrected chi connectivity index (χ3v) is 7.28. The molecule has 1 saturated carbocycles. The maximum atomic E-state index is 13.4. The van der Waals surface area contributed by atoms with E-state index in [1.165, 1.54) is 12.1 Å². The van der Waals surface area contributed by atoms with Gasteiger partial charge < -0.3 is 9.64 Å². The first-order valence-electron chi connectivity index (χ1n) is 12.3. The zero-order valence-corrected chi connectivity index (χ0v) is 21.2. The summed E-state index contributed by atoms with van der Waals surface area (Å²) in [5, 5.41) is 0. The smallest absolute Gasteiger partial charge is 0.410 e. The minimum absolute atomic E-state index is 0.0345. The highest BCUT2D eigenvalue weighted by atomic mass is 19.1. The third-order valence-electron chi connectivity index (χ3n) is 7.28. The van der Waals surface area contributed by atoms with Gasteiger partial charge in [-0.3, -0.25) is 9.59 Å². The predicted octanol–water partition coefficient (Wildman–Crippen LogP) is 6.14. The Morgan fingerprint density at radius 3 is 1.94 bits per heavy atom. The zero-order valence-electron chi connectivity index (χ0n) is 21.2. The number of amides is 1. The van der Waals surface area contributed by atoms with Crippen LogP contribution in [-0.2, 0) is 14.3 Å². The molecule has 1 saturated heterocycles. The van der Waals surface area contributed by atoms with Gasteiger partial charge in [-0.05, 0) is 92.8 Å². The highest BCUT2D eigenvalue weighted by molar-refractivity contribution is 6.10. The number of piperidine rings is 1. The summed E-state index contributed by atoms with van der Waals surface area (Å²) in [6.45, 7) is 10.4. The topological polar surface area (TPSA) is 63.7 Å². The molecule has 1 aliphatic heterocycles. The summed E-state index contributed by atoms with van der Waals surface area (Å²) in [6.07, 6.45) is 1.61. The standard InChI is InChI=1S/C29H34FNO4/c1-18-14-21(20-6-8-22(30)9-7-20)15-19(2)25(18)26-23(32)16-29(17-24(26)33)10-12-31(13-11-29)27(34)35-28(3,4)5/h6-9,14-15,26H,10-13,16-17H2,1-5H3. The first-order valence-corrected chi connectivity index (χ1v) is 12.3. The van der Waals surface area contributed by atoms with Crippen LogP contribution < -0.4 is 0 Å². The van der Waals surface area contributed by atoms with Crippen LogP contribution >= 0.6 is 0 Å². The maximum Gasteiger partial charge on any atom is 0.410 e. The molecule has 0 atom stereocenters.